The van der Waals surface area contributed by atoms with Crippen molar-refractivity contribution in [2.24, 2.45) is 16.7 Å². The fraction of sp³-hybridized carbons (Fsp3) is 0.412. The molecular weight excluding hydrogens is 524 g/mol. The summed E-state index contributed by atoms with van der Waals surface area (Å²) in [5.41, 5.74) is 6.37. The lowest BCUT2D eigenvalue weighted by Gasteiger charge is -2.25. The van der Waals surface area contributed by atoms with Crippen LogP contribution in [0.15, 0.2) is 54.9 Å². The topological polar surface area (TPSA) is 116 Å². The second-order valence-corrected chi connectivity index (χ2v) is 13.4. The summed E-state index contributed by atoms with van der Waals surface area (Å²) in [7, 11) is 0. The van der Waals surface area contributed by atoms with Gasteiger partial charge in [-0.25, -0.2) is 9.97 Å². The Morgan fingerprint density at radius 1 is 0.786 bits per heavy atom. The van der Waals surface area contributed by atoms with E-state index in [1.807, 2.05) is 53.9 Å². The highest BCUT2D eigenvalue weighted by atomic mass is 16.2. The standard InChI is InChI=1S/C34H44N6O2/c1-20(2)29(40-32(42)34(7,8)9)30-36-17-26(39-30)23-12-10-22(11-13-23)24-14-15-25(21(3)16-24)27-18-35-28(38-27)19-37-31(41)33(4,5)6/h10-18,20,29H,19H2,1-9H3,(H,35,38)(H,36,39)(H,37,41)(H,40,42). The predicted molar refractivity (Wildman–Crippen MR) is 168 cm³/mol. The number of nitrogens with one attached hydrogen (secondary N) is 4. The van der Waals surface area contributed by atoms with E-state index in [2.05, 4.69) is 93.8 Å². The van der Waals surface area contributed by atoms with Crippen LogP contribution in [-0.2, 0) is 16.1 Å². The molecule has 8 nitrogen and oxygen atoms in total. The molecule has 4 aromatic rings. The maximum Gasteiger partial charge on any atom is 0.225 e. The number of nitrogens with zero attached hydrogens (tertiary/aromatic N) is 2. The van der Waals surface area contributed by atoms with Crippen LogP contribution in [0.2, 0.25) is 0 Å². The molecule has 0 aliphatic carbocycles. The Morgan fingerprint density at radius 3 is 1.98 bits per heavy atom. The third-order valence-corrected chi connectivity index (χ3v) is 7.30. The smallest absolute Gasteiger partial charge is 0.225 e. The predicted octanol–water partition coefficient (Wildman–Crippen LogP) is 6.96. The maximum absolute atomic E-state index is 12.6. The zero-order chi connectivity index (χ0) is 30.8. The highest BCUT2D eigenvalue weighted by Gasteiger charge is 2.28. The molecule has 2 amide bonds. The van der Waals surface area contributed by atoms with Crippen LogP contribution in [0.5, 0.6) is 0 Å². The van der Waals surface area contributed by atoms with E-state index in [-0.39, 0.29) is 23.8 Å². The van der Waals surface area contributed by atoms with Gasteiger partial charge in [-0.15, -0.1) is 0 Å². The van der Waals surface area contributed by atoms with E-state index in [1.54, 1.807) is 0 Å². The van der Waals surface area contributed by atoms with Gasteiger partial charge in [-0.1, -0.05) is 97.9 Å². The van der Waals surface area contributed by atoms with Crippen LogP contribution >= 0.6 is 0 Å². The highest BCUT2D eigenvalue weighted by Crippen LogP contribution is 2.30. The normalized spacial score (nSPS) is 12.8. The number of aromatic amines is 2. The minimum atomic E-state index is -0.471. The van der Waals surface area contributed by atoms with Crippen LogP contribution in [0.1, 0.15) is 78.6 Å². The van der Waals surface area contributed by atoms with Crippen molar-refractivity contribution in [3.8, 4) is 33.6 Å². The van der Waals surface area contributed by atoms with Crippen molar-refractivity contribution < 1.29 is 9.59 Å². The molecule has 1 atom stereocenters. The summed E-state index contributed by atoms with van der Waals surface area (Å²) in [5, 5.41) is 6.09. The van der Waals surface area contributed by atoms with E-state index in [0.29, 0.717) is 6.54 Å². The third kappa shape index (κ3) is 7.16. The van der Waals surface area contributed by atoms with Crippen LogP contribution in [-0.4, -0.2) is 31.8 Å². The quantitative estimate of drug-likeness (QED) is 0.184. The van der Waals surface area contributed by atoms with E-state index in [0.717, 1.165) is 50.9 Å². The number of aromatic nitrogens is 4. The van der Waals surface area contributed by atoms with Crippen LogP contribution in [0, 0.1) is 23.7 Å². The molecule has 2 heterocycles. The van der Waals surface area contributed by atoms with Crippen molar-refractivity contribution in [2.75, 3.05) is 0 Å². The van der Waals surface area contributed by atoms with Gasteiger partial charge < -0.3 is 20.6 Å². The summed E-state index contributed by atoms with van der Waals surface area (Å²) in [6, 6.07) is 14.6. The zero-order valence-corrected chi connectivity index (χ0v) is 26.3. The Balaban J connectivity index is 1.46. The minimum absolute atomic E-state index is 0.00220. The van der Waals surface area contributed by atoms with Crippen molar-refractivity contribution >= 4 is 11.8 Å². The van der Waals surface area contributed by atoms with Gasteiger partial charge in [0, 0.05) is 16.4 Å². The van der Waals surface area contributed by atoms with Crippen LogP contribution in [0.3, 0.4) is 0 Å². The van der Waals surface area contributed by atoms with Gasteiger partial charge in [0.25, 0.3) is 0 Å². The number of imidazole rings is 2. The monoisotopic (exact) mass is 568 g/mol. The molecule has 0 radical (unpaired) electrons. The molecule has 4 rings (SSSR count). The van der Waals surface area contributed by atoms with Crippen LogP contribution in [0.4, 0.5) is 0 Å². The fourth-order valence-electron chi connectivity index (χ4n) is 4.56. The molecule has 0 bridgehead atoms. The van der Waals surface area contributed by atoms with Gasteiger partial charge in [-0.05, 0) is 35.1 Å². The van der Waals surface area contributed by atoms with Gasteiger partial charge in [0.15, 0.2) is 0 Å². The first-order valence-electron chi connectivity index (χ1n) is 14.5. The molecule has 2 aromatic heterocycles. The highest BCUT2D eigenvalue weighted by molar-refractivity contribution is 5.82. The third-order valence-electron chi connectivity index (χ3n) is 7.30. The van der Waals surface area contributed by atoms with Gasteiger partial charge in [0.1, 0.15) is 11.6 Å². The summed E-state index contributed by atoms with van der Waals surface area (Å²) in [4.78, 5) is 40.7. The number of rotatable bonds is 8. The number of aryl methyl sites for hydroxylation is 1. The van der Waals surface area contributed by atoms with Gasteiger partial charge in [0.2, 0.25) is 11.8 Å². The van der Waals surface area contributed by atoms with E-state index in [1.165, 1.54) is 0 Å². The lowest BCUT2D eigenvalue weighted by molar-refractivity contribution is -0.130. The molecule has 222 valence electrons. The number of amides is 2. The molecule has 4 N–H and O–H groups in total. The molecule has 0 fully saturated rings. The first-order chi connectivity index (χ1) is 19.6. The number of hydrogen-bond acceptors (Lipinski definition) is 4. The van der Waals surface area contributed by atoms with Crippen molar-refractivity contribution in [3.05, 3.63) is 72.1 Å². The van der Waals surface area contributed by atoms with Crippen molar-refractivity contribution in [1.29, 1.82) is 0 Å². The Labute approximate surface area is 249 Å². The van der Waals surface area contributed by atoms with Gasteiger partial charge in [-0.3, -0.25) is 9.59 Å². The van der Waals surface area contributed by atoms with Gasteiger partial charge >= 0.3 is 0 Å². The molecule has 8 heteroatoms. The number of hydrogen-bond donors (Lipinski definition) is 4. The van der Waals surface area contributed by atoms with Crippen molar-refractivity contribution in [1.82, 2.24) is 30.6 Å². The summed E-state index contributed by atoms with van der Waals surface area (Å²) in [5.74, 6) is 1.66. The molecule has 1 unspecified atom stereocenters. The molecule has 0 aliphatic rings. The summed E-state index contributed by atoms with van der Waals surface area (Å²) in [6.07, 6.45) is 3.64. The van der Waals surface area contributed by atoms with Crippen LogP contribution < -0.4 is 10.6 Å². The second kappa shape index (κ2) is 12.0. The minimum Gasteiger partial charge on any atom is -0.348 e. The van der Waals surface area contributed by atoms with E-state index < -0.39 is 10.8 Å². The average molecular weight is 569 g/mol. The molecular formula is C34H44N6O2. The largest absolute Gasteiger partial charge is 0.348 e. The first-order valence-corrected chi connectivity index (χ1v) is 14.5. The Kier molecular flexibility index (Phi) is 8.76. The second-order valence-electron chi connectivity index (χ2n) is 13.4. The SMILES string of the molecule is Cc1cc(-c2ccc(-c3cnc(C(NC(=O)C(C)(C)C)C(C)C)[nH]3)cc2)ccc1-c1cnc(CNC(=O)C(C)(C)C)[nH]1. The molecule has 2 aromatic carbocycles. The maximum atomic E-state index is 12.6. The summed E-state index contributed by atoms with van der Waals surface area (Å²) in [6.45, 7) is 18.0. The Bertz CT molecular complexity index is 1550. The Morgan fingerprint density at radius 2 is 1.38 bits per heavy atom. The van der Waals surface area contributed by atoms with Crippen molar-refractivity contribution in [3.63, 3.8) is 0 Å². The first kappa shape index (κ1) is 30.8. The summed E-state index contributed by atoms with van der Waals surface area (Å²) < 4.78 is 0. The molecule has 0 spiro atoms. The van der Waals surface area contributed by atoms with E-state index >= 15 is 0 Å². The number of carbonyl (C=O) groups is 2. The number of carbonyl (C=O) groups excluding carboxylic acids is 2. The van der Waals surface area contributed by atoms with Gasteiger partial charge in [0.05, 0.1) is 36.4 Å². The molecule has 42 heavy (non-hydrogen) atoms. The van der Waals surface area contributed by atoms with E-state index in [4.69, 9.17) is 0 Å². The zero-order valence-electron chi connectivity index (χ0n) is 26.3. The lowest BCUT2D eigenvalue weighted by Crippen LogP contribution is -2.39. The Hall–Kier alpha value is -4.20. The number of benzene rings is 2. The molecule has 0 aliphatic heterocycles. The van der Waals surface area contributed by atoms with Crippen LogP contribution in [0.25, 0.3) is 33.6 Å². The lowest BCUT2D eigenvalue weighted by atomic mass is 9.94. The summed E-state index contributed by atoms with van der Waals surface area (Å²) >= 11 is 0. The number of H-pyrrole nitrogens is 2. The van der Waals surface area contributed by atoms with Crippen molar-refractivity contribution in [2.45, 2.75) is 74.9 Å². The van der Waals surface area contributed by atoms with Gasteiger partial charge in [-0.2, -0.15) is 0 Å². The molecule has 0 saturated carbocycles. The molecule has 0 saturated heterocycles. The van der Waals surface area contributed by atoms with E-state index in [9.17, 15) is 9.59 Å². The fourth-order valence-corrected chi connectivity index (χ4v) is 4.56. The average Bonchev–Trinajstić information content (AvgIpc) is 3.59.